The molecule has 1 heterocycles. The van der Waals surface area contributed by atoms with E-state index >= 15 is 0 Å². The van der Waals surface area contributed by atoms with Crippen molar-refractivity contribution in [3.05, 3.63) is 70.5 Å². The van der Waals surface area contributed by atoms with Gasteiger partial charge in [-0.3, -0.25) is 9.59 Å². The lowest BCUT2D eigenvalue weighted by molar-refractivity contribution is 0.101. The Morgan fingerprint density at radius 1 is 1.07 bits per heavy atom. The van der Waals surface area contributed by atoms with Gasteiger partial charge in [0.1, 0.15) is 0 Å². The Labute approximate surface area is 162 Å². The van der Waals surface area contributed by atoms with Crippen molar-refractivity contribution in [2.24, 2.45) is 0 Å². The van der Waals surface area contributed by atoms with E-state index in [1.807, 2.05) is 19.1 Å². The lowest BCUT2D eigenvalue weighted by atomic mass is 10.1. The number of aromatic nitrogens is 3. The molecule has 0 bridgehead atoms. The average Bonchev–Trinajstić information content (AvgIpc) is 3.07. The number of Topliss-reactive ketones (excluding diaryl/α,β-unsaturated/α-hetero) is 1. The van der Waals surface area contributed by atoms with Gasteiger partial charge in [0.05, 0.1) is 11.4 Å². The largest absolute Gasteiger partial charge is 0.321 e. The summed E-state index contributed by atoms with van der Waals surface area (Å²) in [5, 5.41) is 11.7. The summed E-state index contributed by atoms with van der Waals surface area (Å²) in [6, 6.07) is 13.9. The first-order chi connectivity index (χ1) is 13.0. The van der Waals surface area contributed by atoms with Crippen LogP contribution in [-0.2, 0) is 6.42 Å². The molecule has 3 rings (SSSR count). The molecule has 0 saturated heterocycles. The fourth-order valence-electron chi connectivity index (χ4n) is 2.71. The molecule has 7 heteroatoms. The number of hydrogen-bond donors (Lipinski definition) is 1. The minimum Gasteiger partial charge on any atom is -0.321 e. The molecule has 0 saturated carbocycles. The zero-order valence-corrected chi connectivity index (χ0v) is 15.8. The van der Waals surface area contributed by atoms with E-state index in [1.165, 1.54) is 6.92 Å². The van der Waals surface area contributed by atoms with Gasteiger partial charge in [-0.2, -0.15) is 0 Å². The van der Waals surface area contributed by atoms with Gasteiger partial charge >= 0.3 is 0 Å². The van der Waals surface area contributed by atoms with Gasteiger partial charge in [0.15, 0.2) is 11.5 Å². The van der Waals surface area contributed by atoms with E-state index in [4.69, 9.17) is 11.6 Å². The van der Waals surface area contributed by atoms with Crippen LogP contribution >= 0.6 is 11.6 Å². The normalized spacial score (nSPS) is 10.6. The maximum Gasteiger partial charge on any atom is 0.278 e. The molecule has 0 radical (unpaired) electrons. The molecule has 0 unspecified atom stereocenters. The zero-order chi connectivity index (χ0) is 19.4. The number of carbonyl (C=O) groups excluding carboxylic acids is 2. The number of carbonyl (C=O) groups is 2. The lowest BCUT2D eigenvalue weighted by Gasteiger charge is -2.08. The Hall–Kier alpha value is -2.99. The highest BCUT2D eigenvalue weighted by atomic mass is 35.5. The molecule has 0 spiro atoms. The minimum atomic E-state index is -0.339. The summed E-state index contributed by atoms with van der Waals surface area (Å²) < 4.78 is 1.66. The third-order valence-corrected chi connectivity index (χ3v) is 4.34. The SMILES string of the molecule is CCCc1c(C(=O)Nc2ccc(C(C)=O)cc2)nnn1-c1ccc(Cl)cc1. The molecule has 0 fully saturated rings. The number of anilines is 1. The molecule has 138 valence electrons. The number of nitrogens with one attached hydrogen (secondary N) is 1. The predicted octanol–water partition coefficient (Wildman–Crippen LogP) is 4.33. The highest BCUT2D eigenvalue weighted by Gasteiger charge is 2.20. The molecule has 1 N–H and O–H groups in total. The van der Waals surface area contributed by atoms with Gasteiger partial charge in [0.25, 0.3) is 5.91 Å². The molecule has 6 nitrogen and oxygen atoms in total. The first-order valence-electron chi connectivity index (χ1n) is 8.62. The quantitative estimate of drug-likeness (QED) is 0.644. The van der Waals surface area contributed by atoms with Gasteiger partial charge in [-0.1, -0.05) is 30.2 Å². The third-order valence-electron chi connectivity index (χ3n) is 4.09. The van der Waals surface area contributed by atoms with E-state index in [0.717, 1.165) is 17.8 Å². The number of amides is 1. The van der Waals surface area contributed by atoms with Crippen molar-refractivity contribution in [2.75, 3.05) is 5.32 Å². The van der Waals surface area contributed by atoms with E-state index in [0.29, 0.717) is 22.7 Å². The Morgan fingerprint density at radius 3 is 2.33 bits per heavy atom. The van der Waals surface area contributed by atoms with E-state index in [-0.39, 0.29) is 17.4 Å². The molecule has 2 aromatic carbocycles. The predicted molar refractivity (Wildman–Crippen MR) is 105 cm³/mol. The molecule has 3 aromatic rings. The van der Waals surface area contributed by atoms with Crippen molar-refractivity contribution >= 4 is 29.0 Å². The molecule has 27 heavy (non-hydrogen) atoms. The molecular weight excluding hydrogens is 364 g/mol. The number of benzene rings is 2. The van der Waals surface area contributed by atoms with Gasteiger partial charge in [0, 0.05) is 16.3 Å². The fraction of sp³-hybridized carbons (Fsp3) is 0.200. The summed E-state index contributed by atoms with van der Waals surface area (Å²) in [6.07, 6.45) is 1.50. The van der Waals surface area contributed by atoms with Gasteiger partial charge in [0.2, 0.25) is 0 Å². The molecule has 1 amide bonds. The monoisotopic (exact) mass is 382 g/mol. The first kappa shape index (κ1) is 18.8. The van der Waals surface area contributed by atoms with E-state index in [2.05, 4.69) is 15.6 Å². The smallest absolute Gasteiger partial charge is 0.278 e. The second-order valence-corrected chi connectivity index (χ2v) is 6.55. The minimum absolute atomic E-state index is 0.0241. The molecule has 0 aliphatic carbocycles. The summed E-state index contributed by atoms with van der Waals surface area (Å²) in [5.41, 5.74) is 2.99. The Balaban J connectivity index is 1.88. The number of rotatable bonds is 6. The van der Waals surface area contributed by atoms with Crippen LogP contribution in [0.4, 0.5) is 5.69 Å². The van der Waals surface area contributed by atoms with Crippen molar-refractivity contribution in [3.63, 3.8) is 0 Å². The Morgan fingerprint density at radius 2 is 1.74 bits per heavy atom. The summed E-state index contributed by atoms with van der Waals surface area (Å²) in [4.78, 5) is 24.1. The van der Waals surface area contributed by atoms with E-state index in [9.17, 15) is 9.59 Å². The molecule has 0 aliphatic heterocycles. The van der Waals surface area contributed by atoms with Gasteiger partial charge in [-0.05, 0) is 61.9 Å². The van der Waals surface area contributed by atoms with Crippen LogP contribution in [0.3, 0.4) is 0 Å². The standard InChI is InChI=1S/C20H19ClN4O2/c1-3-4-18-19(23-24-25(18)17-11-7-15(21)8-12-17)20(27)22-16-9-5-14(6-10-16)13(2)26/h5-12H,3-4H2,1-2H3,(H,22,27). The van der Waals surface area contributed by atoms with Crippen molar-refractivity contribution in [1.29, 1.82) is 0 Å². The highest BCUT2D eigenvalue weighted by Crippen LogP contribution is 2.19. The van der Waals surface area contributed by atoms with Crippen molar-refractivity contribution in [1.82, 2.24) is 15.0 Å². The second kappa shape index (κ2) is 8.14. The van der Waals surface area contributed by atoms with Crippen LogP contribution in [0.1, 0.15) is 46.8 Å². The second-order valence-electron chi connectivity index (χ2n) is 6.11. The molecule has 0 atom stereocenters. The highest BCUT2D eigenvalue weighted by molar-refractivity contribution is 6.30. The van der Waals surface area contributed by atoms with Crippen LogP contribution < -0.4 is 5.32 Å². The number of nitrogens with zero attached hydrogens (tertiary/aromatic N) is 3. The fourth-order valence-corrected chi connectivity index (χ4v) is 2.83. The maximum absolute atomic E-state index is 12.7. The van der Waals surface area contributed by atoms with Crippen LogP contribution in [0.2, 0.25) is 5.02 Å². The number of hydrogen-bond acceptors (Lipinski definition) is 4. The zero-order valence-electron chi connectivity index (χ0n) is 15.1. The summed E-state index contributed by atoms with van der Waals surface area (Å²) in [7, 11) is 0. The summed E-state index contributed by atoms with van der Waals surface area (Å²) in [5.74, 6) is -0.363. The number of ketones is 1. The summed E-state index contributed by atoms with van der Waals surface area (Å²) in [6.45, 7) is 3.53. The van der Waals surface area contributed by atoms with Crippen LogP contribution in [0, 0.1) is 0 Å². The van der Waals surface area contributed by atoms with Gasteiger partial charge in [-0.25, -0.2) is 4.68 Å². The van der Waals surface area contributed by atoms with Crippen LogP contribution in [0.15, 0.2) is 48.5 Å². The van der Waals surface area contributed by atoms with Gasteiger partial charge in [-0.15, -0.1) is 5.10 Å². The van der Waals surface area contributed by atoms with Gasteiger partial charge < -0.3 is 5.32 Å². The lowest BCUT2D eigenvalue weighted by Crippen LogP contribution is -2.15. The maximum atomic E-state index is 12.7. The molecule has 1 aromatic heterocycles. The molecule has 0 aliphatic rings. The van der Waals surface area contributed by atoms with E-state index < -0.39 is 0 Å². The Kier molecular flexibility index (Phi) is 5.66. The summed E-state index contributed by atoms with van der Waals surface area (Å²) >= 11 is 5.95. The van der Waals surface area contributed by atoms with Crippen molar-refractivity contribution in [3.8, 4) is 5.69 Å². The Bertz CT molecular complexity index is 963. The van der Waals surface area contributed by atoms with Crippen molar-refractivity contribution in [2.45, 2.75) is 26.7 Å². The van der Waals surface area contributed by atoms with Crippen molar-refractivity contribution < 1.29 is 9.59 Å². The third kappa shape index (κ3) is 4.23. The van der Waals surface area contributed by atoms with Crippen LogP contribution in [0.5, 0.6) is 0 Å². The van der Waals surface area contributed by atoms with Crippen LogP contribution in [0.25, 0.3) is 5.69 Å². The first-order valence-corrected chi connectivity index (χ1v) is 9.00. The average molecular weight is 383 g/mol. The topological polar surface area (TPSA) is 76.9 Å². The molecular formula is C20H19ClN4O2. The van der Waals surface area contributed by atoms with Crippen LogP contribution in [-0.4, -0.2) is 26.7 Å². The number of halogens is 1. The van der Waals surface area contributed by atoms with E-state index in [1.54, 1.807) is 41.1 Å².